The standard InChI is InChI=1S/C16H17N3O5/c20-13(18-8-3-6-12(18)15(22)23)7-9-19-11-5-2-1-4-10(11)14(21)17-16(19)24/h1-2,4-5,12H,3,6-9H2,(H,22,23)(H,17,21,24)/t12-/m0/s1. The van der Waals surface area contributed by atoms with Crippen LogP contribution in [0.25, 0.3) is 10.9 Å². The van der Waals surface area contributed by atoms with Gasteiger partial charge in [0.05, 0.1) is 10.9 Å². The lowest BCUT2D eigenvalue weighted by molar-refractivity contribution is -0.148. The molecule has 0 radical (unpaired) electrons. The fraction of sp³-hybridized carbons (Fsp3) is 0.375. The highest BCUT2D eigenvalue weighted by Crippen LogP contribution is 2.18. The van der Waals surface area contributed by atoms with Crippen LogP contribution in [0.3, 0.4) is 0 Å². The highest BCUT2D eigenvalue weighted by atomic mass is 16.4. The number of carboxylic acids is 1. The monoisotopic (exact) mass is 331 g/mol. The normalized spacial score (nSPS) is 17.3. The van der Waals surface area contributed by atoms with E-state index in [2.05, 4.69) is 4.98 Å². The maximum atomic E-state index is 12.3. The molecular formula is C16H17N3O5. The molecule has 2 heterocycles. The van der Waals surface area contributed by atoms with Gasteiger partial charge >= 0.3 is 11.7 Å². The van der Waals surface area contributed by atoms with Gasteiger partial charge in [0.1, 0.15) is 6.04 Å². The first kappa shape index (κ1) is 16.0. The van der Waals surface area contributed by atoms with Crippen LogP contribution >= 0.6 is 0 Å². The number of aliphatic carboxylic acids is 1. The van der Waals surface area contributed by atoms with Crippen LogP contribution in [-0.4, -0.2) is 44.0 Å². The minimum atomic E-state index is -1.01. The third-order valence-corrected chi connectivity index (χ3v) is 4.31. The van der Waals surface area contributed by atoms with Gasteiger partial charge in [-0.1, -0.05) is 12.1 Å². The molecule has 1 atom stereocenters. The molecule has 1 aliphatic rings. The number of fused-ring (bicyclic) bond motifs is 1. The van der Waals surface area contributed by atoms with E-state index in [1.807, 2.05) is 0 Å². The average molecular weight is 331 g/mol. The Labute approximate surface area is 136 Å². The molecule has 0 unspecified atom stereocenters. The summed E-state index contributed by atoms with van der Waals surface area (Å²) in [4.78, 5) is 50.9. The number of benzene rings is 1. The van der Waals surface area contributed by atoms with Crippen molar-refractivity contribution in [3.8, 4) is 0 Å². The molecule has 2 N–H and O–H groups in total. The Kier molecular flexibility index (Phi) is 4.20. The minimum Gasteiger partial charge on any atom is -0.480 e. The van der Waals surface area contributed by atoms with Crippen molar-refractivity contribution in [2.24, 2.45) is 0 Å². The third kappa shape index (κ3) is 2.82. The molecule has 0 bridgehead atoms. The first-order valence-electron chi connectivity index (χ1n) is 7.73. The van der Waals surface area contributed by atoms with Gasteiger partial charge in [-0.15, -0.1) is 0 Å². The molecule has 8 heteroatoms. The third-order valence-electron chi connectivity index (χ3n) is 4.31. The van der Waals surface area contributed by atoms with Crippen molar-refractivity contribution in [3.63, 3.8) is 0 Å². The molecule has 0 saturated carbocycles. The number of carbonyl (C=O) groups excluding carboxylic acids is 1. The van der Waals surface area contributed by atoms with Crippen molar-refractivity contribution in [3.05, 3.63) is 45.1 Å². The zero-order chi connectivity index (χ0) is 17.3. The molecule has 1 saturated heterocycles. The number of hydrogen-bond acceptors (Lipinski definition) is 4. The van der Waals surface area contributed by atoms with Crippen molar-refractivity contribution < 1.29 is 14.7 Å². The van der Waals surface area contributed by atoms with Gasteiger partial charge in [-0.3, -0.25) is 19.1 Å². The number of H-pyrrole nitrogens is 1. The topological polar surface area (TPSA) is 112 Å². The van der Waals surface area contributed by atoms with Crippen molar-refractivity contribution >= 4 is 22.8 Å². The van der Waals surface area contributed by atoms with Crippen LogP contribution in [0.5, 0.6) is 0 Å². The molecule has 3 rings (SSSR count). The number of carbonyl (C=O) groups is 2. The Bertz CT molecular complexity index is 914. The molecule has 0 spiro atoms. The minimum absolute atomic E-state index is 0.000273. The molecule has 126 valence electrons. The summed E-state index contributed by atoms with van der Waals surface area (Å²) in [7, 11) is 0. The second kappa shape index (κ2) is 6.31. The van der Waals surface area contributed by atoms with E-state index in [1.165, 1.54) is 9.47 Å². The number of likely N-dealkylation sites (tertiary alicyclic amines) is 1. The number of aromatic nitrogens is 2. The van der Waals surface area contributed by atoms with Gasteiger partial charge in [-0.2, -0.15) is 0 Å². The summed E-state index contributed by atoms with van der Waals surface area (Å²) in [6.07, 6.45) is 1.10. The fourth-order valence-corrected chi connectivity index (χ4v) is 3.14. The number of aryl methyl sites for hydroxylation is 1. The van der Waals surface area contributed by atoms with Gasteiger partial charge in [0.25, 0.3) is 5.56 Å². The molecule has 1 amide bonds. The quantitative estimate of drug-likeness (QED) is 0.828. The first-order chi connectivity index (χ1) is 11.5. The number of hydrogen-bond donors (Lipinski definition) is 2. The van der Waals surface area contributed by atoms with E-state index in [-0.39, 0.29) is 18.9 Å². The number of nitrogens with zero attached hydrogens (tertiary/aromatic N) is 2. The highest BCUT2D eigenvalue weighted by molar-refractivity contribution is 5.84. The molecule has 2 aromatic rings. The number of carboxylic acid groups (broad SMARTS) is 1. The second-order valence-electron chi connectivity index (χ2n) is 5.76. The summed E-state index contributed by atoms with van der Waals surface area (Å²) in [6, 6.07) is 5.86. The summed E-state index contributed by atoms with van der Waals surface area (Å²) < 4.78 is 1.33. The summed E-state index contributed by atoms with van der Waals surface area (Å²) in [6.45, 7) is 0.495. The average Bonchev–Trinajstić information content (AvgIpc) is 3.04. The Balaban J connectivity index is 1.84. The lowest BCUT2D eigenvalue weighted by Crippen LogP contribution is -2.41. The second-order valence-corrected chi connectivity index (χ2v) is 5.76. The number of amides is 1. The largest absolute Gasteiger partial charge is 0.480 e. The zero-order valence-corrected chi connectivity index (χ0v) is 12.9. The predicted molar refractivity (Wildman–Crippen MR) is 85.8 cm³/mol. The molecule has 0 aliphatic carbocycles. The van der Waals surface area contributed by atoms with E-state index < -0.39 is 23.3 Å². The van der Waals surface area contributed by atoms with Crippen LogP contribution in [0.4, 0.5) is 0 Å². The maximum Gasteiger partial charge on any atom is 0.328 e. The Morgan fingerprint density at radius 1 is 1.25 bits per heavy atom. The maximum absolute atomic E-state index is 12.3. The van der Waals surface area contributed by atoms with Gasteiger partial charge in [0.15, 0.2) is 0 Å². The van der Waals surface area contributed by atoms with E-state index in [0.29, 0.717) is 30.3 Å². The van der Waals surface area contributed by atoms with Crippen molar-refractivity contribution in [1.29, 1.82) is 0 Å². The van der Waals surface area contributed by atoms with E-state index >= 15 is 0 Å². The van der Waals surface area contributed by atoms with Crippen LogP contribution in [0.2, 0.25) is 0 Å². The lowest BCUT2D eigenvalue weighted by atomic mass is 10.2. The molecule has 1 aromatic carbocycles. The lowest BCUT2D eigenvalue weighted by Gasteiger charge is -2.21. The van der Waals surface area contributed by atoms with Gasteiger partial charge in [-0.25, -0.2) is 9.59 Å². The molecule has 24 heavy (non-hydrogen) atoms. The van der Waals surface area contributed by atoms with Crippen LogP contribution in [0.1, 0.15) is 19.3 Å². The van der Waals surface area contributed by atoms with Crippen LogP contribution in [-0.2, 0) is 16.1 Å². The van der Waals surface area contributed by atoms with E-state index in [4.69, 9.17) is 5.11 Å². The molecule has 1 aromatic heterocycles. The number of nitrogens with one attached hydrogen (secondary N) is 1. The molecule has 1 aliphatic heterocycles. The number of para-hydroxylation sites is 1. The van der Waals surface area contributed by atoms with Gasteiger partial charge in [0, 0.05) is 19.5 Å². The summed E-state index contributed by atoms with van der Waals surface area (Å²) in [5.41, 5.74) is -0.596. The van der Waals surface area contributed by atoms with E-state index in [9.17, 15) is 19.2 Å². The van der Waals surface area contributed by atoms with E-state index in [1.54, 1.807) is 24.3 Å². The van der Waals surface area contributed by atoms with Gasteiger partial charge in [-0.05, 0) is 25.0 Å². The number of aromatic amines is 1. The predicted octanol–water partition coefficient (Wildman–Crippen LogP) is 0.156. The van der Waals surface area contributed by atoms with Gasteiger partial charge < -0.3 is 10.0 Å². The summed E-state index contributed by atoms with van der Waals surface area (Å²) in [5, 5.41) is 9.51. The smallest absolute Gasteiger partial charge is 0.328 e. The summed E-state index contributed by atoms with van der Waals surface area (Å²) >= 11 is 0. The highest BCUT2D eigenvalue weighted by Gasteiger charge is 2.33. The number of rotatable bonds is 4. The zero-order valence-electron chi connectivity index (χ0n) is 12.9. The Morgan fingerprint density at radius 3 is 2.75 bits per heavy atom. The van der Waals surface area contributed by atoms with Crippen molar-refractivity contribution in [2.75, 3.05) is 6.54 Å². The molecular weight excluding hydrogens is 314 g/mol. The van der Waals surface area contributed by atoms with Crippen molar-refractivity contribution in [2.45, 2.75) is 31.8 Å². The van der Waals surface area contributed by atoms with Crippen LogP contribution in [0, 0.1) is 0 Å². The fourth-order valence-electron chi connectivity index (χ4n) is 3.14. The van der Waals surface area contributed by atoms with E-state index in [0.717, 1.165) is 0 Å². The van der Waals surface area contributed by atoms with Crippen molar-refractivity contribution in [1.82, 2.24) is 14.5 Å². The SMILES string of the molecule is O=C(O)[C@@H]1CCCN1C(=O)CCn1c(=O)[nH]c(=O)c2ccccc21. The van der Waals surface area contributed by atoms with Gasteiger partial charge in [0.2, 0.25) is 5.91 Å². The van der Waals surface area contributed by atoms with Crippen LogP contribution in [0.15, 0.2) is 33.9 Å². The Hall–Kier alpha value is -2.90. The van der Waals surface area contributed by atoms with Crippen LogP contribution < -0.4 is 11.2 Å². The molecule has 1 fully saturated rings. The first-order valence-corrected chi connectivity index (χ1v) is 7.73. The molecule has 8 nitrogen and oxygen atoms in total. The Morgan fingerprint density at radius 2 is 2.00 bits per heavy atom. The summed E-state index contributed by atoms with van der Waals surface area (Å²) in [5.74, 6) is -1.31.